The van der Waals surface area contributed by atoms with Crippen LogP contribution in [0.2, 0.25) is 0 Å². The maximum Gasteiger partial charge on any atom is 0.302 e. The lowest BCUT2D eigenvalue weighted by molar-refractivity contribution is 0.101. The van der Waals surface area contributed by atoms with E-state index in [4.69, 9.17) is 4.42 Å². The van der Waals surface area contributed by atoms with Gasteiger partial charge in [0.05, 0.1) is 4.88 Å². The van der Waals surface area contributed by atoms with Gasteiger partial charge in [-0.2, -0.15) is 4.98 Å². The Hall–Kier alpha value is -3.45. The van der Waals surface area contributed by atoms with Crippen LogP contribution in [0.5, 0.6) is 0 Å². The van der Waals surface area contributed by atoms with Gasteiger partial charge in [0.15, 0.2) is 5.69 Å². The van der Waals surface area contributed by atoms with Crippen molar-refractivity contribution in [2.24, 2.45) is 0 Å². The summed E-state index contributed by atoms with van der Waals surface area (Å²) in [4.78, 5) is 29.0. The van der Waals surface area contributed by atoms with E-state index in [1.54, 1.807) is 17.5 Å². The van der Waals surface area contributed by atoms with Gasteiger partial charge >= 0.3 is 6.01 Å². The number of nitrogens with one attached hydrogen (secondary N) is 2. The molecule has 0 unspecified atom stereocenters. The molecule has 26 heavy (non-hydrogen) atoms. The van der Waals surface area contributed by atoms with Crippen molar-refractivity contribution in [2.45, 2.75) is 0 Å². The second-order valence-corrected chi connectivity index (χ2v) is 6.40. The molecule has 0 saturated heterocycles. The highest BCUT2D eigenvalue weighted by Gasteiger charge is 2.16. The summed E-state index contributed by atoms with van der Waals surface area (Å²) < 4.78 is 5.18. The van der Waals surface area contributed by atoms with Crippen LogP contribution in [0.4, 0.5) is 11.7 Å². The minimum Gasteiger partial charge on any atom is -0.431 e. The highest BCUT2D eigenvalue weighted by atomic mass is 32.1. The summed E-state index contributed by atoms with van der Waals surface area (Å²) in [5.41, 5.74) is 0.764. The molecule has 4 aromatic rings. The fourth-order valence-corrected chi connectivity index (χ4v) is 3.14. The molecule has 0 aliphatic heterocycles. The van der Waals surface area contributed by atoms with E-state index in [0.29, 0.717) is 10.6 Å². The zero-order chi connectivity index (χ0) is 17.9. The van der Waals surface area contributed by atoms with Crippen molar-refractivity contribution >= 4 is 45.6 Å². The Balaban J connectivity index is 1.50. The molecule has 128 valence electrons. The normalized spacial score (nSPS) is 10.6. The second-order valence-electron chi connectivity index (χ2n) is 5.45. The van der Waals surface area contributed by atoms with E-state index >= 15 is 0 Å². The molecular formula is C19H13N3O3S. The first-order valence-corrected chi connectivity index (χ1v) is 8.68. The second kappa shape index (κ2) is 6.81. The van der Waals surface area contributed by atoms with Crippen molar-refractivity contribution < 1.29 is 14.0 Å². The first-order chi connectivity index (χ1) is 12.7. The number of nitrogens with zero attached hydrogens (tertiary/aromatic N) is 1. The predicted molar refractivity (Wildman–Crippen MR) is 101 cm³/mol. The van der Waals surface area contributed by atoms with Crippen molar-refractivity contribution in [3.8, 4) is 0 Å². The molecule has 4 rings (SSSR count). The monoisotopic (exact) mass is 363 g/mol. The molecule has 2 aromatic heterocycles. The van der Waals surface area contributed by atoms with Gasteiger partial charge in [0.25, 0.3) is 11.8 Å². The molecule has 2 aromatic carbocycles. The van der Waals surface area contributed by atoms with Crippen LogP contribution in [0.1, 0.15) is 20.2 Å². The maximum atomic E-state index is 12.4. The first kappa shape index (κ1) is 16.0. The van der Waals surface area contributed by atoms with Crippen LogP contribution in [0.15, 0.2) is 70.7 Å². The minimum atomic E-state index is -0.415. The molecule has 0 saturated carbocycles. The number of amides is 2. The molecule has 0 fully saturated rings. The number of benzene rings is 2. The van der Waals surface area contributed by atoms with Crippen LogP contribution >= 0.6 is 11.3 Å². The molecule has 0 atom stereocenters. The number of aromatic nitrogens is 1. The Morgan fingerprint density at radius 2 is 1.77 bits per heavy atom. The number of oxazole rings is 1. The van der Waals surface area contributed by atoms with Crippen LogP contribution in [0, 0.1) is 0 Å². The fourth-order valence-electron chi connectivity index (χ4n) is 2.52. The number of rotatable bonds is 4. The van der Waals surface area contributed by atoms with E-state index < -0.39 is 5.91 Å². The topological polar surface area (TPSA) is 84.2 Å². The van der Waals surface area contributed by atoms with E-state index in [1.165, 1.54) is 17.6 Å². The summed E-state index contributed by atoms with van der Waals surface area (Å²) in [7, 11) is 0. The van der Waals surface area contributed by atoms with E-state index in [1.807, 2.05) is 42.5 Å². The Labute approximate surface area is 152 Å². The summed E-state index contributed by atoms with van der Waals surface area (Å²) in [5, 5.41) is 9.10. The van der Waals surface area contributed by atoms with Crippen LogP contribution < -0.4 is 10.6 Å². The van der Waals surface area contributed by atoms with Crippen molar-refractivity contribution in [3.05, 3.63) is 76.8 Å². The number of hydrogen-bond acceptors (Lipinski definition) is 5. The Kier molecular flexibility index (Phi) is 4.20. The van der Waals surface area contributed by atoms with E-state index in [0.717, 1.165) is 10.8 Å². The van der Waals surface area contributed by atoms with Crippen molar-refractivity contribution in [2.75, 3.05) is 10.6 Å². The molecule has 6 nitrogen and oxygen atoms in total. The lowest BCUT2D eigenvalue weighted by Crippen LogP contribution is -2.14. The quantitative estimate of drug-likeness (QED) is 0.563. The molecule has 0 bridgehead atoms. The molecule has 0 aliphatic rings. The number of carbonyl (C=O) groups is 2. The first-order valence-electron chi connectivity index (χ1n) is 7.80. The molecule has 7 heteroatoms. The molecular weight excluding hydrogens is 350 g/mol. The van der Waals surface area contributed by atoms with Crippen molar-refractivity contribution in [1.29, 1.82) is 0 Å². The van der Waals surface area contributed by atoms with Gasteiger partial charge in [-0.25, -0.2) is 0 Å². The highest BCUT2D eigenvalue weighted by Crippen LogP contribution is 2.23. The van der Waals surface area contributed by atoms with Gasteiger partial charge in [-0.05, 0) is 22.9 Å². The van der Waals surface area contributed by atoms with E-state index in [-0.39, 0.29) is 17.6 Å². The average molecular weight is 363 g/mol. The minimum absolute atomic E-state index is 0.0218. The van der Waals surface area contributed by atoms with Gasteiger partial charge in [-0.15, -0.1) is 11.3 Å². The molecule has 0 spiro atoms. The van der Waals surface area contributed by atoms with Crippen LogP contribution in [-0.4, -0.2) is 16.8 Å². The van der Waals surface area contributed by atoms with Gasteiger partial charge in [-0.3, -0.25) is 14.9 Å². The predicted octanol–water partition coefficient (Wildman–Crippen LogP) is 4.39. The third-order valence-electron chi connectivity index (χ3n) is 3.74. The molecule has 0 radical (unpaired) electrons. The SMILES string of the molecule is O=C(Nc1cccc2ccccc12)c1coc(NC(=O)c2cccs2)n1. The van der Waals surface area contributed by atoms with Crippen molar-refractivity contribution in [1.82, 2.24) is 4.98 Å². The number of anilines is 2. The van der Waals surface area contributed by atoms with Crippen LogP contribution in [-0.2, 0) is 0 Å². The van der Waals surface area contributed by atoms with Gasteiger partial charge in [0, 0.05) is 11.1 Å². The van der Waals surface area contributed by atoms with Crippen LogP contribution in [0.3, 0.4) is 0 Å². The largest absolute Gasteiger partial charge is 0.431 e. The van der Waals surface area contributed by atoms with Crippen LogP contribution in [0.25, 0.3) is 10.8 Å². The number of carbonyl (C=O) groups excluding carboxylic acids is 2. The smallest absolute Gasteiger partial charge is 0.302 e. The molecule has 2 amide bonds. The summed E-state index contributed by atoms with van der Waals surface area (Å²) in [6.07, 6.45) is 1.21. The highest BCUT2D eigenvalue weighted by molar-refractivity contribution is 7.12. The van der Waals surface area contributed by atoms with Gasteiger partial charge < -0.3 is 9.73 Å². The fraction of sp³-hybridized carbons (Fsp3) is 0. The number of fused-ring (bicyclic) bond motifs is 1. The Bertz CT molecular complexity index is 1080. The number of thiophene rings is 1. The number of hydrogen-bond donors (Lipinski definition) is 2. The van der Waals surface area contributed by atoms with Gasteiger partial charge in [-0.1, -0.05) is 42.5 Å². The molecule has 2 heterocycles. The average Bonchev–Trinajstić information content (AvgIpc) is 3.34. The summed E-state index contributed by atoms with van der Waals surface area (Å²) in [6, 6.07) is 16.9. The molecule has 2 N–H and O–H groups in total. The third-order valence-corrected chi connectivity index (χ3v) is 4.61. The van der Waals surface area contributed by atoms with Gasteiger partial charge in [0.2, 0.25) is 0 Å². The third kappa shape index (κ3) is 3.20. The molecule has 0 aliphatic carbocycles. The lowest BCUT2D eigenvalue weighted by atomic mass is 10.1. The summed E-state index contributed by atoms with van der Waals surface area (Å²) >= 11 is 1.31. The van der Waals surface area contributed by atoms with Gasteiger partial charge in [0.1, 0.15) is 6.26 Å². The Morgan fingerprint density at radius 3 is 2.62 bits per heavy atom. The lowest BCUT2D eigenvalue weighted by Gasteiger charge is -2.07. The summed E-state index contributed by atoms with van der Waals surface area (Å²) in [5.74, 6) is -0.746. The zero-order valence-corrected chi connectivity index (χ0v) is 14.2. The standard InChI is InChI=1S/C19H13N3O3S/c23-17(20-14-8-3-6-12-5-1-2-7-13(12)14)15-11-25-19(21-15)22-18(24)16-9-4-10-26-16/h1-11H,(H,20,23)(H,21,22,24). The van der Waals surface area contributed by atoms with E-state index in [2.05, 4.69) is 15.6 Å². The zero-order valence-electron chi connectivity index (χ0n) is 13.4. The van der Waals surface area contributed by atoms with Crippen molar-refractivity contribution in [3.63, 3.8) is 0 Å². The maximum absolute atomic E-state index is 12.4. The Morgan fingerprint density at radius 1 is 0.923 bits per heavy atom. The summed E-state index contributed by atoms with van der Waals surface area (Å²) in [6.45, 7) is 0. The van der Waals surface area contributed by atoms with E-state index in [9.17, 15) is 9.59 Å².